The van der Waals surface area contributed by atoms with Gasteiger partial charge in [0.25, 0.3) is 0 Å². The molecule has 0 saturated carbocycles. The third-order valence-electron chi connectivity index (χ3n) is 4.56. The van der Waals surface area contributed by atoms with Crippen LogP contribution in [0.15, 0.2) is 48.5 Å². The van der Waals surface area contributed by atoms with Crippen LogP contribution in [0.1, 0.15) is 0 Å². The van der Waals surface area contributed by atoms with Crippen LogP contribution >= 0.6 is 23.2 Å². The molecule has 8 heteroatoms. The highest BCUT2D eigenvalue weighted by Gasteiger charge is 2.54. The molecule has 2 atom stereocenters. The summed E-state index contributed by atoms with van der Waals surface area (Å²) in [6, 6.07) is 12.6. The number of anilines is 2. The van der Waals surface area contributed by atoms with Gasteiger partial charge in [-0.3, -0.25) is 9.80 Å². The molecule has 5 nitrogen and oxygen atoms in total. The minimum Gasteiger partial charge on any atom is -0.288 e. The zero-order chi connectivity index (χ0) is 17.8. The van der Waals surface area contributed by atoms with Gasteiger partial charge in [0, 0.05) is 21.4 Å². The summed E-state index contributed by atoms with van der Waals surface area (Å²) in [4.78, 5) is 16.2. The van der Waals surface area contributed by atoms with Crippen LogP contribution in [0, 0.1) is 0 Å². The van der Waals surface area contributed by atoms with Crippen LogP contribution in [-0.4, -0.2) is 38.0 Å². The lowest BCUT2D eigenvalue weighted by molar-refractivity contribution is 0.255. The van der Waals surface area contributed by atoms with E-state index in [2.05, 4.69) is 0 Å². The number of rotatable bonds is 2. The lowest BCUT2D eigenvalue weighted by atomic mass is 10.1. The number of fused-ring (bicyclic) bond motifs is 1. The molecule has 2 heterocycles. The van der Waals surface area contributed by atoms with Gasteiger partial charge in [0.1, 0.15) is 0 Å². The highest BCUT2D eigenvalue weighted by molar-refractivity contribution is 7.91. The SMILES string of the molecule is O=C1N(c2ccc(Cl)cc2)[C@H]2CS(=O)(=O)C[C@@H]2N1c1cccc(Cl)c1. The molecule has 0 aromatic heterocycles. The highest BCUT2D eigenvalue weighted by Crippen LogP contribution is 2.38. The van der Waals surface area contributed by atoms with E-state index < -0.39 is 21.9 Å². The summed E-state index contributed by atoms with van der Waals surface area (Å²) < 4.78 is 24.4. The van der Waals surface area contributed by atoms with E-state index in [0.29, 0.717) is 21.4 Å². The third kappa shape index (κ3) is 2.88. The first kappa shape index (κ1) is 16.7. The van der Waals surface area contributed by atoms with E-state index in [1.165, 1.54) is 4.90 Å². The fraction of sp³-hybridized carbons (Fsp3) is 0.235. The second kappa shape index (κ2) is 5.90. The summed E-state index contributed by atoms with van der Waals surface area (Å²) in [5.74, 6) is -0.108. The Bertz CT molecular complexity index is 947. The van der Waals surface area contributed by atoms with Gasteiger partial charge < -0.3 is 0 Å². The topological polar surface area (TPSA) is 57.7 Å². The van der Waals surface area contributed by atoms with Crippen molar-refractivity contribution in [1.82, 2.24) is 0 Å². The Labute approximate surface area is 155 Å². The number of hydrogen-bond donors (Lipinski definition) is 0. The quantitative estimate of drug-likeness (QED) is 0.728. The molecule has 2 aliphatic heterocycles. The molecule has 2 aromatic rings. The first-order chi connectivity index (χ1) is 11.9. The van der Waals surface area contributed by atoms with Crippen LogP contribution in [0.25, 0.3) is 0 Å². The Morgan fingerprint density at radius 1 is 0.840 bits per heavy atom. The molecule has 2 saturated heterocycles. The zero-order valence-corrected chi connectivity index (χ0v) is 15.3. The number of sulfone groups is 1. The predicted molar refractivity (Wildman–Crippen MR) is 99.5 cm³/mol. The van der Waals surface area contributed by atoms with Crippen molar-refractivity contribution in [1.29, 1.82) is 0 Å². The summed E-state index contributed by atoms with van der Waals surface area (Å²) in [7, 11) is -3.22. The molecule has 0 bridgehead atoms. The molecule has 25 heavy (non-hydrogen) atoms. The minimum absolute atomic E-state index is 0.0525. The van der Waals surface area contributed by atoms with Gasteiger partial charge in [0.15, 0.2) is 9.84 Å². The van der Waals surface area contributed by atoms with Gasteiger partial charge >= 0.3 is 6.03 Å². The summed E-state index contributed by atoms with van der Waals surface area (Å²) >= 11 is 12.0. The van der Waals surface area contributed by atoms with Crippen molar-refractivity contribution in [2.75, 3.05) is 21.3 Å². The molecular weight excluding hydrogens is 383 g/mol. The number of carbonyl (C=O) groups excluding carboxylic acids is 1. The van der Waals surface area contributed by atoms with E-state index in [-0.39, 0.29) is 17.5 Å². The molecule has 4 rings (SSSR count). The maximum absolute atomic E-state index is 13.1. The van der Waals surface area contributed by atoms with E-state index in [9.17, 15) is 13.2 Å². The Morgan fingerprint density at radius 2 is 1.44 bits per heavy atom. The highest BCUT2D eigenvalue weighted by atomic mass is 35.5. The van der Waals surface area contributed by atoms with Crippen LogP contribution in [0.4, 0.5) is 16.2 Å². The fourth-order valence-electron chi connectivity index (χ4n) is 3.54. The molecule has 0 N–H and O–H groups in total. The average Bonchev–Trinajstić information content (AvgIpc) is 2.97. The summed E-state index contributed by atoms with van der Waals surface area (Å²) in [5, 5.41) is 1.05. The third-order valence-corrected chi connectivity index (χ3v) is 6.75. The van der Waals surface area contributed by atoms with Gasteiger partial charge in [0.05, 0.1) is 23.6 Å². The largest absolute Gasteiger partial charge is 0.329 e. The number of nitrogens with zero attached hydrogens (tertiary/aromatic N) is 2. The maximum Gasteiger partial charge on any atom is 0.329 e. The van der Waals surface area contributed by atoms with Crippen molar-refractivity contribution in [2.45, 2.75) is 12.1 Å². The fourth-order valence-corrected chi connectivity index (χ4v) is 5.76. The average molecular weight is 397 g/mol. The van der Waals surface area contributed by atoms with Gasteiger partial charge in [-0.05, 0) is 42.5 Å². The van der Waals surface area contributed by atoms with E-state index in [1.807, 2.05) is 0 Å². The van der Waals surface area contributed by atoms with Crippen molar-refractivity contribution in [3.63, 3.8) is 0 Å². The lowest BCUT2D eigenvalue weighted by Gasteiger charge is -2.22. The molecule has 2 amide bonds. The van der Waals surface area contributed by atoms with E-state index >= 15 is 0 Å². The number of hydrogen-bond acceptors (Lipinski definition) is 3. The maximum atomic E-state index is 13.1. The van der Waals surface area contributed by atoms with Gasteiger partial charge in [-0.2, -0.15) is 0 Å². The van der Waals surface area contributed by atoms with Crippen molar-refractivity contribution >= 4 is 50.4 Å². The second-order valence-corrected chi connectivity index (χ2v) is 9.22. The molecular formula is C17H14Cl2N2O3S. The van der Waals surface area contributed by atoms with E-state index in [4.69, 9.17) is 23.2 Å². The summed E-state index contributed by atoms with van der Waals surface area (Å²) in [6.45, 7) is 0. The van der Waals surface area contributed by atoms with Gasteiger partial charge in [-0.15, -0.1) is 0 Å². The Morgan fingerprint density at radius 3 is 2.04 bits per heavy atom. The first-order valence-corrected chi connectivity index (χ1v) is 10.3. The van der Waals surface area contributed by atoms with Crippen LogP contribution in [0.3, 0.4) is 0 Å². The molecule has 2 aromatic carbocycles. The van der Waals surface area contributed by atoms with Crippen molar-refractivity contribution in [3.8, 4) is 0 Å². The molecule has 0 aliphatic carbocycles. The second-order valence-electron chi connectivity index (χ2n) is 6.19. The lowest BCUT2D eigenvalue weighted by Crippen LogP contribution is -2.37. The standard InChI is InChI=1S/C17H14Cl2N2O3S/c18-11-4-6-13(7-5-11)20-15-9-25(23,24)10-16(15)21(17(20)22)14-3-1-2-12(19)8-14/h1-8,15-16H,9-10H2/t15-,16-/m0/s1. The molecule has 130 valence electrons. The molecule has 2 aliphatic rings. The Balaban J connectivity index is 1.81. The van der Waals surface area contributed by atoms with Gasteiger partial charge in [-0.1, -0.05) is 29.3 Å². The van der Waals surface area contributed by atoms with E-state index in [1.54, 1.807) is 53.4 Å². The number of halogens is 2. The smallest absolute Gasteiger partial charge is 0.288 e. The van der Waals surface area contributed by atoms with Gasteiger partial charge in [-0.25, -0.2) is 13.2 Å². The van der Waals surface area contributed by atoms with Crippen molar-refractivity contribution < 1.29 is 13.2 Å². The van der Waals surface area contributed by atoms with E-state index in [0.717, 1.165) is 0 Å². The first-order valence-electron chi connectivity index (χ1n) is 7.70. The zero-order valence-electron chi connectivity index (χ0n) is 13.0. The Hall–Kier alpha value is -1.76. The van der Waals surface area contributed by atoms with Crippen LogP contribution in [0.2, 0.25) is 10.0 Å². The predicted octanol–water partition coefficient (Wildman–Crippen LogP) is 3.61. The number of amides is 2. The molecule has 0 spiro atoms. The number of benzene rings is 2. The minimum atomic E-state index is -3.22. The number of carbonyl (C=O) groups is 1. The molecule has 0 radical (unpaired) electrons. The normalized spacial score (nSPS) is 24.6. The van der Waals surface area contributed by atoms with Crippen LogP contribution in [0.5, 0.6) is 0 Å². The Kier molecular flexibility index (Phi) is 3.94. The molecule has 0 unspecified atom stereocenters. The van der Waals surface area contributed by atoms with Crippen molar-refractivity contribution in [2.24, 2.45) is 0 Å². The van der Waals surface area contributed by atoms with Crippen LogP contribution < -0.4 is 9.80 Å². The molecule has 2 fully saturated rings. The summed E-state index contributed by atoms with van der Waals surface area (Å²) in [6.07, 6.45) is 0. The number of urea groups is 1. The van der Waals surface area contributed by atoms with Crippen LogP contribution in [-0.2, 0) is 9.84 Å². The van der Waals surface area contributed by atoms with Gasteiger partial charge in [0.2, 0.25) is 0 Å². The summed E-state index contributed by atoms with van der Waals surface area (Å²) in [5.41, 5.74) is 1.23. The van der Waals surface area contributed by atoms with Crippen molar-refractivity contribution in [3.05, 3.63) is 58.6 Å². The monoisotopic (exact) mass is 396 g/mol.